The molecule has 2 aliphatic heterocycles. The molecule has 0 saturated carbocycles. The molecule has 0 spiro atoms. The van der Waals surface area contributed by atoms with E-state index < -0.39 is 0 Å². The van der Waals surface area contributed by atoms with Gasteiger partial charge in [-0.1, -0.05) is 0 Å². The zero-order valence-corrected chi connectivity index (χ0v) is 10.5. The van der Waals surface area contributed by atoms with Crippen LogP contribution in [0.3, 0.4) is 0 Å². The molecule has 1 unspecified atom stereocenters. The summed E-state index contributed by atoms with van der Waals surface area (Å²) in [6.45, 7) is 2.96. The van der Waals surface area contributed by atoms with Crippen LogP contribution in [0, 0.1) is 11.3 Å². The van der Waals surface area contributed by atoms with E-state index in [0.29, 0.717) is 24.3 Å². The number of nitrogens with one attached hydrogen (secondary N) is 1. The van der Waals surface area contributed by atoms with Gasteiger partial charge in [0, 0.05) is 37.6 Å². The number of hydrogen-bond acceptors (Lipinski definition) is 4. The van der Waals surface area contributed by atoms with Crippen molar-refractivity contribution in [1.29, 1.82) is 5.26 Å². The lowest BCUT2D eigenvalue weighted by Gasteiger charge is -2.37. The first kappa shape index (κ1) is 11.7. The first-order valence-electron chi connectivity index (χ1n) is 6.28. The fourth-order valence-electron chi connectivity index (χ4n) is 2.68. The normalized spacial score (nSPS) is 21.8. The number of nitriles is 1. The van der Waals surface area contributed by atoms with Crippen LogP contribution in [0.1, 0.15) is 5.56 Å². The highest BCUT2D eigenvalue weighted by Crippen LogP contribution is 2.24. The molecule has 6 heteroatoms. The number of benzene rings is 1. The highest BCUT2D eigenvalue weighted by atomic mass is 16.2. The largest absolute Gasteiger partial charge is 0.398 e. The molecular weight excluding hydrogens is 242 g/mol. The third kappa shape index (κ3) is 1.93. The highest BCUT2D eigenvalue weighted by molar-refractivity contribution is 5.77. The number of anilines is 2. The number of rotatable bonds is 1. The Bertz CT molecular complexity index is 565. The van der Waals surface area contributed by atoms with Crippen LogP contribution in [-0.4, -0.2) is 43.2 Å². The Morgan fingerprint density at radius 3 is 3.05 bits per heavy atom. The molecule has 2 heterocycles. The Kier molecular flexibility index (Phi) is 2.67. The molecule has 1 aromatic rings. The highest BCUT2D eigenvalue weighted by Gasteiger charge is 2.35. The molecule has 19 heavy (non-hydrogen) atoms. The van der Waals surface area contributed by atoms with E-state index in [2.05, 4.69) is 16.3 Å². The number of carbonyl (C=O) groups is 1. The maximum Gasteiger partial charge on any atom is 0.317 e. The van der Waals surface area contributed by atoms with Crippen molar-refractivity contribution >= 4 is 17.4 Å². The van der Waals surface area contributed by atoms with Crippen molar-refractivity contribution in [2.24, 2.45) is 0 Å². The Hall–Kier alpha value is -2.42. The third-order valence-corrected chi connectivity index (χ3v) is 3.75. The molecule has 1 atom stereocenters. The SMILES string of the molecule is N#Cc1cc(N2CCN3C(=O)NCC3C2)ccc1N. The van der Waals surface area contributed by atoms with Crippen LogP contribution in [-0.2, 0) is 0 Å². The predicted octanol–water partition coefficient (Wildman–Crippen LogP) is 0.354. The van der Waals surface area contributed by atoms with Crippen molar-refractivity contribution in [3.63, 3.8) is 0 Å². The molecule has 2 saturated heterocycles. The summed E-state index contributed by atoms with van der Waals surface area (Å²) in [7, 11) is 0. The van der Waals surface area contributed by atoms with E-state index in [0.717, 1.165) is 18.8 Å². The molecule has 2 amide bonds. The minimum absolute atomic E-state index is 0.0275. The average molecular weight is 257 g/mol. The van der Waals surface area contributed by atoms with Crippen LogP contribution in [0.25, 0.3) is 0 Å². The second-order valence-corrected chi connectivity index (χ2v) is 4.86. The quantitative estimate of drug-likeness (QED) is 0.711. The molecule has 6 nitrogen and oxygen atoms in total. The summed E-state index contributed by atoms with van der Waals surface area (Å²) < 4.78 is 0. The van der Waals surface area contributed by atoms with Gasteiger partial charge in [0.05, 0.1) is 11.6 Å². The maximum absolute atomic E-state index is 11.5. The predicted molar refractivity (Wildman–Crippen MR) is 71.7 cm³/mol. The van der Waals surface area contributed by atoms with Crippen molar-refractivity contribution in [3.8, 4) is 6.07 Å². The van der Waals surface area contributed by atoms with Crippen LogP contribution in [0.5, 0.6) is 0 Å². The van der Waals surface area contributed by atoms with Crippen molar-refractivity contribution < 1.29 is 4.79 Å². The fraction of sp³-hybridized carbons (Fsp3) is 0.385. The average Bonchev–Trinajstić information content (AvgIpc) is 2.80. The monoisotopic (exact) mass is 257 g/mol. The van der Waals surface area contributed by atoms with Gasteiger partial charge in [0.15, 0.2) is 0 Å². The third-order valence-electron chi connectivity index (χ3n) is 3.75. The molecule has 0 radical (unpaired) electrons. The lowest BCUT2D eigenvalue weighted by Crippen LogP contribution is -2.52. The van der Waals surface area contributed by atoms with Gasteiger partial charge in [-0.2, -0.15) is 5.26 Å². The van der Waals surface area contributed by atoms with E-state index in [1.807, 2.05) is 17.0 Å². The molecule has 0 bridgehead atoms. The minimum atomic E-state index is 0.0275. The van der Waals surface area contributed by atoms with Gasteiger partial charge in [0.1, 0.15) is 6.07 Å². The number of nitrogens with zero attached hydrogens (tertiary/aromatic N) is 3. The maximum atomic E-state index is 11.5. The lowest BCUT2D eigenvalue weighted by molar-refractivity contribution is 0.197. The van der Waals surface area contributed by atoms with E-state index >= 15 is 0 Å². The van der Waals surface area contributed by atoms with Crippen LogP contribution < -0.4 is 16.0 Å². The van der Waals surface area contributed by atoms with Crippen LogP contribution in [0.4, 0.5) is 16.2 Å². The standard InChI is InChI=1S/C13H15N5O/c14-6-9-5-10(1-2-12(9)15)17-3-4-18-11(8-17)7-16-13(18)19/h1-2,5,11H,3-4,7-8,15H2,(H,16,19). The number of carbonyl (C=O) groups excluding carboxylic acids is 1. The number of urea groups is 1. The van der Waals surface area contributed by atoms with E-state index in [-0.39, 0.29) is 12.1 Å². The van der Waals surface area contributed by atoms with Crippen LogP contribution in [0.2, 0.25) is 0 Å². The Labute approximate surface area is 111 Å². The number of nitrogens with two attached hydrogens (primary N) is 1. The molecule has 98 valence electrons. The zero-order valence-electron chi connectivity index (χ0n) is 10.5. The Balaban J connectivity index is 1.81. The number of fused-ring (bicyclic) bond motifs is 1. The van der Waals surface area contributed by atoms with Crippen LogP contribution in [0.15, 0.2) is 18.2 Å². The topological polar surface area (TPSA) is 85.4 Å². The number of nitrogen functional groups attached to an aromatic ring is 1. The summed E-state index contributed by atoms with van der Waals surface area (Å²) in [4.78, 5) is 15.6. The van der Waals surface area contributed by atoms with Crippen molar-refractivity contribution in [2.75, 3.05) is 36.8 Å². The van der Waals surface area contributed by atoms with Gasteiger partial charge in [0.2, 0.25) is 0 Å². The molecule has 3 N–H and O–H groups in total. The van der Waals surface area contributed by atoms with E-state index in [9.17, 15) is 4.79 Å². The number of piperazine rings is 1. The second kappa shape index (κ2) is 4.35. The first-order valence-corrected chi connectivity index (χ1v) is 6.28. The molecule has 2 aliphatic rings. The fourth-order valence-corrected chi connectivity index (χ4v) is 2.68. The molecule has 0 aliphatic carbocycles. The molecule has 0 aromatic heterocycles. The van der Waals surface area contributed by atoms with Gasteiger partial charge >= 0.3 is 6.03 Å². The van der Waals surface area contributed by atoms with Crippen molar-refractivity contribution in [2.45, 2.75) is 6.04 Å². The van der Waals surface area contributed by atoms with E-state index in [4.69, 9.17) is 11.0 Å². The molecule has 1 aromatic carbocycles. The van der Waals surface area contributed by atoms with Gasteiger partial charge < -0.3 is 20.9 Å². The minimum Gasteiger partial charge on any atom is -0.398 e. The summed E-state index contributed by atoms with van der Waals surface area (Å²) in [5.41, 5.74) is 7.72. The summed E-state index contributed by atoms with van der Waals surface area (Å²) in [6, 6.07) is 7.84. The number of amides is 2. The number of hydrogen-bond donors (Lipinski definition) is 2. The summed E-state index contributed by atoms with van der Waals surface area (Å²) in [5.74, 6) is 0. The van der Waals surface area contributed by atoms with Gasteiger partial charge in [0.25, 0.3) is 0 Å². The second-order valence-electron chi connectivity index (χ2n) is 4.86. The molecule has 3 rings (SSSR count). The molecular formula is C13H15N5O. The summed E-state index contributed by atoms with van der Waals surface area (Å²) in [5, 5.41) is 11.9. The van der Waals surface area contributed by atoms with E-state index in [1.54, 1.807) is 6.07 Å². The van der Waals surface area contributed by atoms with Gasteiger partial charge in [-0.25, -0.2) is 4.79 Å². The van der Waals surface area contributed by atoms with Gasteiger partial charge in [-0.3, -0.25) is 0 Å². The van der Waals surface area contributed by atoms with Crippen molar-refractivity contribution in [3.05, 3.63) is 23.8 Å². The zero-order chi connectivity index (χ0) is 13.4. The van der Waals surface area contributed by atoms with E-state index in [1.165, 1.54) is 0 Å². The summed E-state index contributed by atoms with van der Waals surface area (Å²) >= 11 is 0. The lowest BCUT2D eigenvalue weighted by atomic mass is 10.1. The molecule has 2 fully saturated rings. The van der Waals surface area contributed by atoms with Crippen LogP contribution >= 0.6 is 0 Å². The first-order chi connectivity index (χ1) is 9.19. The summed E-state index contributed by atoms with van der Waals surface area (Å²) in [6.07, 6.45) is 0. The van der Waals surface area contributed by atoms with Gasteiger partial charge in [-0.05, 0) is 18.2 Å². The smallest absolute Gasteiger partial charge is 0.317 e. The van der Waals surface area contributed by atoms with Gasteiger partial charge in [-0.15, -0.1) is 0 Å². The Morgan fingerprint density at radius 1 is 1.42 bits per heavy atom. The van der Waals surface area contributed by atoms with Crippen molar-refractivity contribution in [1.82, 2.24) is 10.2 Å². The Morgan fingerprint density at radius 2 is 2.26 bits per heavy atom.